The van der Waals surface area contributed by atoms with E-state index in [4.69, 9.17) is 9.47 Å². The molecule has 0 aromatic rings. The molecule has 0 aromatic heterocycles. The Morgan fingerprint density at radius 1 is 1.17 bits per heavy atom. The van der Waals surface area contributed by atoms with Gasteiger partial charge >= 0.3 is 5.97 Å². The minimum Gasteiger partial charge on any atom is -0.460 e. The fraction of sp³-hybridized carbons (Fsp3) is 0.857. The van der Waals surface area contributed by atoms with Gasteiger partial charge in [-0.2, -0.15) is 0 Å². The predicted molar refractivity (Wildman–Crippen MR) is 68.3 cm³/mol. The molecule has 1 aliphatic heterocycles. The molecule has 1 fully saturated rings. The smallest absolute Gasteiger partial charge is 0.308 e. The molecule has 0 unspecified atom stereocenters. The van der Waals surface area contributed by atoms with Crippen molar-refractivity contribution in [3.63, 3.8) is 0 Å². The van der Waals surface area contributed by atoms with Crippen LogP contribution in [0.3, 0.4) is 0 Å². The second-order valence-electron chi connectivity index (χ2n) is 6.01. The van der Waals surface area contributed by atoms with Gasteiger partial charge in [0.1, 0.15) is 11.4 Å². The highest BCUT2D eigenvalue weighted by Gasteiger charge is 2.27. The molecule has 0 N–H and O–H groups in total. The number of hydrogen-bond acceptors (Lipinski definition) is 4. The Morgan fingerprint density at radius 3 is 2.22 bits per heavy atom. The van der Waals surface area contributed by atoms with Crippen LogP contribution in [0.5, 0.6) is 0 Å². The Morgan fingerprint density at radius 2 is 1.72 bits per heavy atom. The number of carbonyl (C=O) groups excluding carboxylic acids is 2. The molecule has 1 heterocycles. The average Bonchev–Trinajstić information content (AvgIpc) is 2.13. The van der Waals surface area contributed by atoms with Crippen molar-refractivity contribution < 1.29 is 19.1 Å². The minimum atomic E-state index is -0.454. The minimum absolute atomic E-state index is 0.0244. The van der Waals surface area contributed by atoms with Crippen LogP contribution in [-0.4, -0.2) is 29.6 Å². The summed E-state index contributed by atoms with van der Waals surface area (Å²) in [6, 6.07) is 0. The summed E-state index contributed by atoms with van der Waals surface area (Å²) < 4.78 is 11.0. The lowest BCUT2D eigenvalue weighted by molar-refractivity contribution is -0.160. The van der Waals surface area contributed by atoms with Crippen molar-refractivity contribution in [1.29, 1.82) is 0 Å². The normalized spacial score (nSPS) is 24.7. The standard InChI is InChI=1S/C14H24O4/c1-10(15)8-11-6-5-7-12(17-11)9-13(16)18-14(2,3)4/h11-12H,5-9H2,1-4H3/t11-,12+/m0/s1. The van der Waals surface area contributed by atoms with Gasteiger partial charge in [-0.3, -0.25) is 9.59 Å². The number of carbonyl (C=O) groups is 2. The molecule has 1 saturated heterocycles. The lowest BCUT2D eigenvalue weighted by Crippen LogP contribution is -2.33. The summed E-state index contributed by atoms with van der Waals surface area (Å²) >= 11 is 0. The fourth-order valence-corrected chi connectivity index (χ4v) is 2.17. The maximum atomic E-state index is 11.7. The maximum absolute atomic E-state index is 11.7. The van der Waals surface area contributed by atoms with Crippen molar-refractivity contribution in [1.82, 2.24) is 0 Å². The molecule has 4 heteroatoms. The zero-order valence-electron chi connectivity index (χ0n) is 11.8. The Labute approximate surface area is 109 Å². The van der Waals surface area contributed by atoms with Crippen molar-refractivity contribution in [2.45, 2.75) is 77.6 Å². The first-order valence-electron chi connectivity index (χ1n) is 6.63. The molecule has 0 spiro atoms. The Balaban J connectivity index is 2.38. The summed E-state index contributed by atoms with van der Waals surface area (Å²) in [5.41, 5.74) is -0.454. The molecule has 18 heavy (non-hydrogen) atoms. The number of Topliss-reactive ketones (excluding diaryl/α,β-unsaturated/α-hetero) is 1. The second-order valence-corrected chi connectivity index (χ2v) is 6.01. The first-order chi connectivity index (χ1) is 8.26. The van der Waals surface area contributed by atoms with E-state index < -0.39 is 5.60 Å². The van der Waals surface area contributed by atoms with Crippen LogP contribution in [0.15, 0.2) is 0 Å². The Hall–Kier alpha value is -0.900. The molecule has 1 aliphatic rings. The molecule has 0 aliphatic carbocycles. The van der Waals surface area contributed by atoms with E-state index in [2.05, 4.69) is 0 Å². The monoisotopic (exact) mass is 256 g/mol. The molecular formula is C14H24O4. The SMILES string of the molecule is CC(=O)C[C@@H]1CCC[C@H](CC(=O)OC(C)(C)C)O1. The highest BCUT2D eigenvalue weighted by atomic mass is 16.6. The number of hydrogen-bond donors (Lipinski definition) is 0. The molecule has 4 nitrogen and oxygen atoms in total. The molecule has 0 amide bonds. The molecule has 0 bridgehead atoms. The third-order valence-electron chi connectivity index (χ3n) is 2.77. The molecule has 0 aromatic carbocycles. The molecule has 0 saturated carbocycles. The van der Waals surface area contributed by atoms with Crippen LogP contribution in [-0.2, 0) is 19.1 Å². The van der Waals surface area contributed by atoms with E-state index in [1.54, 1.807) is 6.92 Å². The molecule has 1 rings (SSSR count). The number of esters is 1. The van der Waals surface area contributed by atoms with E-state index in [0.717, 1.165) is 19.3 Å². The van der Waals surface area contributed by atoms with E-state index in [1.165, 1.54) is 0 Å². The summed E-state index contributed by atoms with van der Waals surface area (Å²) in [5, 5.41) is 0. The van der Waals surface area contributed by atoms with Gasteiger partial charge in [0.2, 0.25) is 0 Å². The first-order valence-corrected chi connectivity index (χ1v) is 6.63. The molecular weight excluding hydrogens is 232 g/mol. The van der Waals surface area contributed by atoms with Crippen LogP contribution in [0, 0.1) is 0 Å². The lowest BCUT2D eigenvalue weighted by Gasteiger charge is -2.30. The summed E-state index contributed by atoms with van der Waals surface area (Å²) in [6.45, 7) is 7.13. The van der Waals surface area contributed by atoms with E-state index in [1.807, 2.05) is 20.8 Å². The molecule has 2 atom stereocenters. The van der Waals surface area contributed by atoms with E-state index >= 15 is 0 Å². The Bertz CT molecular complexity index is 303. The van der Waals surface area contributed by atoms with Crippen LogP contribution in [0.25, 0.3) is 0 Å². The lowest BCUT2D eigenvalue weighted by atomic mass is 9.99. The number of ketones is 1. The van der Waals surface area contributed by atoms with Crippen LogP contribution in [0.4, 0.5) is 0 Å². The van der Waals surface area contributed by atoms with Crippen LogP contribution < -0.4 is 0 Å². The molecule has 104 valence electrons. The molecule has 0 radical (unpaired) electrons. The van der Waals surface area contributed by atoms with Gasteiger partial charge in [0.15, 0.2) is 0 Å². The van der Waals surface area contributed by atoms with Gasteiger partial charge in [-0.15, -0.1) is 0 Å². The van der Waals surface area contributed by atoms with Crippen molar-refractivity contribution in [3.8, 4) is 0 Å². The van der Waals surface area contributed by atoms with Gasteiger partial charge in [-0.05, 0) is 47.0 Å². The van der Waals surface area contributed by atoms with Gasteiger partial charge in [0, 0.05) is 6.42 Å². The largest absolute Gasteiger partial charge is 0.460 e. The van der Waals surface area contributed by atoms with Gasteiger partial charge < -0.3 is 9.47 Å². The fourth-order valence-electron chi connectivity index (χ4n) is 2.17. The highest BCUT2D eigenvalue weighted by molar-refractivity contribution is 5.76. The Kier molecular flexibility index (Phi) is 5.32. The van der Waals surface area contributed by atoms with Gasteiger partial charge in [0.25, 0.3) is 0 Å². The zero-order valence-corrected chi connectivity index (χ0v) is 11.8. The quantitative estimate of drug-likeness (QED) is 0.726. The number of rotatable bonds is 4. The van der Waals surface area contributed by atoms with Crippen LogP contribution in [0.1, 0.15) is 59.8 Å². The summed E-state index contributed by atoms with van der Waals surface area (Å²) in [6.07, 6.45) is 3.39. The highest BCUT2D eigenvalue weighted by Crippen LogP contribution is 2.24. The van der Waals surface area contributed by atoms with Crippen molar-refractivity contribution in [2.24, 2.45) is 0 Å². The van der Waals surface area contributed by atoms with Gasteiger partial charge in [0.05, 0.1) is 18.6 Å². The zero-order chi connectivity index (χ0) is 13.8. The van der Waals surface area contributed by atoms with E-state index in [-0.39, 0.29) is 30.4 Å². The average molecular weight is 256 g/mol. The van der Waals surface area contributed by atoms with Crippen LogP contribution >= 0.6 is 0 Å². The van der Waals surface area contributed by atoms with Crippen molar-refractivity contribution >= 4 is 11.8 Å². The summed E-state index contributed by atoms with van der Waals surface area (Å²) in [5.74, 6) is -0.0890. The number of ether oxygens (including phenoxy) is 2. The summed E-state index contributed by atoms with van der Waals surface area (Å²) in [4.78, 5) is 22.7. The van der Waals surface area contributed by atoms with Crippen molar-refractivity contribution in [2.75, 3.05) is 0 Å². The van der Waals surface area contributed by atoms with Gasteiger partial charge in [-0.1, -0.05) is 0 Å². The van der Waals surface area contributed by atoms with E-state index in [9.17, 15) is 9.59 Å². The third kappa shape index (κ3) is 6.15. The van der Waals surface area contributed by atoms with Crippen molar-refractivity contribution in [3.05, 3.63) is 0 Å². The summed E-state index contributed by atoms with van der Waals surface area (Å²) in [7, 11) is 0. The maximum Gasteiger partial charge on any atom is 0.308 e. The van der Waals surface area contributed by atoms with Crippen LogP contribution in [0.2, 0.25) is 0 Å². The third-order valence-corrected chi connectivity index (χ3v) is 2.77. The topological polar surface area (TPSA) is 52.6 Å². The van der Waals surface area contributed by atoms with E-state index in [0.29, 0.717) is 6.42 Å². The second kappa shape index (κ2) is 6.32. The predicted octanol–water partition coefficient (Wildman–Crippen LogP) is 2.64. The van der Waals surface area contributed by atoms with Gasteiger partial charge in [-0.25, -0.2) is 0 Å². The first kappa shape index (κ1) is 15.2.